The molecule has 1 aromatic carbocycles. The van der Waals surface area contributed by atoms with Crippen LogP contribution in [0, 0.1) is 16.0 Å². The normalized spacial score (nSPS) is 11.8. The van der Waals surface area contributed by atoms with E-state index in [9.17, 15) is 14.9 Å². The van der Waals surface area contributed by atoms with Gasteiger partial charge in [-0.2, -0.15) is 0 Å². The van der Waals surface area contributed by atoms with Crippen LogP contribution in [-0.4, -0.2) is 23.9 Å². The Bertz CT molecular complexity index is 567. The van der Waals surface area contributed by atoms with Gasteiger partial charge in [0.1, 0.15) is 6.61 Å². The van der Waals surface area contributed by atoms with E-state index in [4.69, 9.17) is 10.3 Å². The zero-order valence-electron chi connectivity index (χ0n) is 11.8. The van der Waals surface area contributed by atoms with Crippen LogP contribution in [0.2, 0.25) is 0 Å². The van der Waals surface area contributed by atoms with Crippen LogP contribution < -0.4 is 0 Å². The Hall–Kier alpha value is -2.44. The summed E-state index contributed by atoms with van der Waals surface area (Å²) in [6, 6.07) is 6.02. The summed E-state index contributed by atoms with van der Waals surface area (Å²) in [5.74, 6) is -0.324. The molecule has 1 rings (SSSR count). The van der Waals surface area contributed by atoms with Crippen LogP contribution in [0.15, 0.2) is 29.4 Å². The number of nitrogens with zero attached hydrogens (tertiary/aromatic N) is 4. The summed E-state index contributed by atoms with van der Waals surface area (Å²) in [6.07, 6.45) is -0.829. The number of azide groups is 1. The number of rotatable bonds is 8. The van der Waals surface area contributed by atoms with E-state index < -0.39 is 11.0 Å². The van der Waals surface area contributed by atoms with E-state index in [1.54, 1.807) is 19.9 Å². The van der Waals surface area contributed by atoms with Crippen molar-refractivity contribution >= 4 is 11.5 Å². The summed E-state index contributed by atoms with van der Waals surface area (Å²) in [4.78, 5) is 24.7. The molecule has 0 aliphatic rings. The van der Waals surface area contributed by atoms with Gasteiger partial charge in [0.2, 0.25) is 0 Å². The van der Waals surface area contributed by atoms with E-state index in [-0.39, 0.29) is 36.1 Å². The molecule has 1 aromatic rings. The number of carbonyl (C=O) groups excluding carboxylic acids is 1. The summed E-state index contributed by atoms with van der Waals surface area (Å²) in [5.41, 5.74) is 8.56. The van der Waals surface area contributed by atoms with Gasteiger partial charge < -0.3 is 4.74 Å². The van der Waals surface area contributed by atoms with E-state index >= 15 is 0 Å². The summed E-state index contributed by atoms with van der Waals surface area (Å²) in [7, 11) is 0. The predicted octanol–water partition coefficient (Wildman–Crippen LogP) is 3.19. The zero-order chi connectivity index (χ0) is 15.8. The predicted molar refractivity (Wildman–Crippen MR) is 75.6 cm³/mol. The lowest BCUT2D eigenvalue weighted by Crippen LogP contribution is -2.19. The first kappa shape index (κ1) is 16.6. The number of nitro benzene ring substituents is 1. The Balaban J connectivity index is 2.99. The molecule has 0 saturated carbocycles. The van der Waals surface area contributed by atoms with Crippen LogP contribution >= 0.6 is 0 Å². The SMILES string of the molecule is CC(C)C(=O)COC(CN=[N+]=[N-])c1ccccc1[N+](=O)[O-]. The maximum atomic E-state index is 11.6. The molecule has 0 bridgehead atoms. The van der Waals surface area contributed by atoms with Crippen molar-refractivity contribution in [3.8, 4) is 0 Å². The second-order valence-electron chi connectivity index (χ2n) is 4.65. The lowest BCUT2D eigenvalue weighted by atomic mass is 10.1. The molecule has 0 aromatic heterocycles. The third kappa shape index (κ3) is 4.87. The Morgan fingerprint density at radius 1 is 1.48 bits per heavy atom. The van der Waals surface area contributed by atoms with Gasteiger partial charge in [0.25, 0.3) is 5.69 Å². The molecule has 1 unspecified atom stereocenters. The topological polar surface area (TPSA) is 118 Å². The second-order valence-corrected chi connectivity index (χ2v) is 4.65. The van der Waals surface area contributed by atoms with E-state index in [0.29, 0.717) is 0 Å². The highest BCUT2D eigenvalue weighted by molar-refractivity contribution is 5.81. The molecule has 0 fully saturated rings. The van der Waals surface area contributed by atoms with Crippen LogP contribution in [0.4, 0.5) is 5.69 Å². The number of nitro groups is 1. The number of hydrogen-bond donors (Lipinski definition) is 0. The summed E-state index contributed by atoms with van der Waals surface area (Å²) in [5, 5.41) is 14.4. The number of ether oxygens (including phenoxy) is 1. The number of hydrogen-bond acceptors (Lipinski definition) is 5. The van der Waals surface area contributed by atoms with Crippen molar-refractivity contribution in [2.75, 3.05) is 13.2 Å². The standard InChI is InChI=1S/C13H16N4O4/c1-9(2)12(18)8-21-13(7-15-16-14)10-5-3-4-6-11(10)17(19)20/h3-6,9,13H,7-8H2,1-2H3. The largest absolute Gasteiger partial charge is 0.365 e. The fourth-order valence-electron chi connectivity index (χ4n) is 1.63. The highest BCUT2D eigenvalue weighted by Crippen LogP contribution is 2.27. The number of benzene rings is 1. The molecule has 1 atom stereocenters. The second kappa shape index (κ2) is 7.98. The van der Waals surface area contributed by atoms with Gasteiger partial charge in [-0.15, -0.1) is 0 Å². The summed E-state index contributed by atoms with van der Waals surface area (Å²) in [6.45, 7) is 3.17. The van der Waals surface area contributed by atoms with Crippen molar-refractivity contribution in [1.82, 2.24) is 0 Å². The van der Waals surface area contributed by atoms with Gasteiger partial charge in [0.15, 0.2) is 5.78 Å². The molecule has 0 N–H and O–H groups in total. The minimum atomic E-state index is -0.829. The number of para-hydroxylation sites is 1. The molecule has 0 amide bonds. The molecular weight excluding hydrogens is 276 g/mol. The van der Waals surface area contributed by atoms with Crippen LogP contribution in [-0.2, 0) is 9.53 Å². The molecule has 0 saturated heterocycles. The third-order valence-corrected chi connectivity index (χ3v) is 2.86. The van der Waals surface area contributed by atoms with Crippen molar-refractivity contribution in [3.63, 3.8) is 0 Å². The maximum absolute atomic E-state index is 11.6. The molecule has 0 heterocycles. The van der Waals surface area contributed by atoms with Crippen LogP contribution in [0.25, 0.3) is 10.4 Å². The summed E-state index contributed by atoms with van der Waals surface area (Å²) < 4.78 is 5.43. The molecule has 8 heteroatoms. The molecule has 8 nitrogen and oxygen atoms in total. The zero-order valence-corrected chi connectivity index (χ0v) is 11.8. The Morgan fingerprint density at radius 3 is 2.71 bits per heavy atom. The molecule has 112 valence electrons. The average Bonchev–Trinajstić information content (AvgIpc) is 2.47. The lowest BCUT2D eigenvalue weighted by Gasteiger charge is -2.16. The molecule has 0 aliphatic heterocycles. The van der Waals surface area contributed by atoms with Crippen LogP contribution in [0.1, 0.15) is 25.5 Å². The third-order valence-electron chi connectivity index (χ3n) is 2.86. The summed E-state index contributed by atoms with van der Waals surface area (Å²) >= 11 is 0. The highest BCUT2D eigenvalue weighted by atomic mass is 16.6. The molecular formula is C13H16N4O4. The number of carbonyl (C=O) groups is 1. The molecule has 0 radical (unpaired) electrons. The number of ketones is 1. The quantitative estimate of drug-likeness (QED) is 0.240. The first-order chi connectivity index (χ1) is 9.97. The fraction of sp³-hybridized carbons (Fsp3) is 0.462. The van der Waals surface area contributed by atoms with Crippen molar-refractivity contribution in [2.24, 2.45) is 11.0 Å². The van der Waals surface area contributed by atoms with Gasteiger partial charge >= 0.3 is 0 Å². The Morgan fingerprint density at radius 2 is 2.14 bits per heavy atom. The van der Waals surface area contributed by atoms with Crippen molar-refractivity contribution < 1.29 is 14.5 Å². The lowest BCUT2D eigenvalue weighted by molar-refractivity contribution is -0.386. The maximum Gasteiger partial charge on any atom is 0.275 e. The van der Waals surface area contributed by atoms with Crippen LogP contribution in [0.5, 0.6) is 0 Å². The molecule has 0 aliphatic carbocycles. The van der Waals surface area contributed by atoms with Crippen molar-refractivity contribution in [2.45, 2.75) is 20.0 Å². The van der Waals surface area contributed by atoms with Gasteiger partial charge in [0.05, 0.1) is 23.1 Å². The van der Waals surface area contributed by atoms with E-state index in [2.05, 4.69) is 10.0 Å². The van der Waals surface area contributed by atoms with Gasteiger partial charge in [-0.05, 0) is 11.6 Å². The van der Waals surface area contributed by atoms with Gasteiger partial charge in [-0.25, -0.2) is 0 Å². The minimum absolute atomic E-state index is 0.118. The average molecular weight is 292 g/mol. The smallest absolute Gasteiger partial charge is 0.275 e. The monoisotopic (exact) mass is 292 g/mol. The van der Waals surface area contributed by atoms with Gasteiger partial charge in [0, 0.05) is 16.9 Å². The van der Waals surface area contributed by atoms with E-state index in [1.807, 2.05) is 0 Å². The molecule has 21 heavy (non-hydrogen) atoms. The van der Waals surface area contributed by atoms with Crippen LogP contribution in [0.3, 0.4) is 0 Å². The molecule has 0 spiro atoms. The Labute approximate surface area is 121 Å². The minimum Gasteiger partial charge on any atom is -0.365 e. The first-order valence-electron chi connectivity index (χ1n) is 6.35. The van der Waals surface area contributed by atoms with E-state index in [1.165, 1.54) is 18.2 Å². The highest BCUT2D eigenvalue weighted by Gasteiger charge is 2.23. The van der Waals surface area contributed by atoms with E-state index in [0.717, 1.165) is 0 Å². The van der Waals surface area contributed by atoms with Gasteiger partial charge in [-0.3, -0.25) is 14.9 Å². The number of Topliss-reactive ketones (excluding diaryl/α,β-unsaturated/α-hetero) is 1. The van der Waals surface area contributed by atoms with Crippen molar-refractivity contribution in [1.29, 1.82) is 0 Å². The van der Waals surface area contributed by atoms with Gasteiger partial charge in [-0.1, -0.05) is 31.1 Å². The van der Waals surface area contributed by atoms with Crippen molar-refractivity contribution in [3.05, 3.63) is 50.4 Å². The first-order valence-corrected chi connectivity index (χ1v) is 6.35. The Kier molecular flexibility index (Phi) is 6.32. The fourth-order valence-corrected chi connectivity index (χ4v) is 1.63.